The molecule has 1 fully saturated rings. The number of likely N-dealkylation sites (tertiary alicyclic amines) is 1. The van der Waals surface area contributed by atoms with Crippen molar-refractivity contribution in [3.8, 4) is 0 Å². The summed E-state index contributed by atoms with van der Waals surface area (Å²) >= 11 is 0. The van der Waals surface area contributed by atoms with Gasteiger partial charge in [0.25, 0.3) is 0 Å². The van der Waals surface area contributed by atoms with Gasteiger partial charge < -0.3 is 4.90 Å². The third-order valence-electron chi connectivity index (χ3n) is 3.79. The van der Waals surface area contributed by atoms with E-state index in [1.165, 1.54) is 4.90 Å². The van der Waals surface area contributed by atoms with E-state index in [9.17, 15) is 14.4 Å². The second-order valence-electron chi connectivity index (χ2n) is 5.43. The summed E-state index contributed by atoms with van der Waals surface area (Å²) in [5, 5.41) is 0. The van der Waals surface area contributed by atoms with Gasteiger partial charge in [0, 0.05) is 38.5 Å². The summed E-state index contributed by atoms with van der Waals surface area (Å²) in [7, 11) is 1.72. The monoisotopic (exact) mass is 288 g/mol. The molecule has 3 amide bonds. The average Bonchev–Trinajstić information content (AvgIpc) is 2.75. The van der Waals surface area contributed by atoms with Crippen LogP contribution in [-0.2, 0) is 14.4 Å². The molecule has 0 unspecified atom stereocenters. The molecule has 0 saturated carbocycles. The number of nitrogens with zero attached hydrogens (tertiary/aromatic N) is 2. The fourth-order valence-electron chi connectivity index (χ4n) is 2.56. The van der Waals surface area contributed by atoms with E-state index < -0.39 is 0 Å². The Kier molecular flexibility index (Phi) is 4.40. The zero-order chi connectivity index (χ0) is 15.6. The predicted molar refractivity (Wildman–Crippen MR) is 79.9 cm³/mol. The molecule has 0 N–H and O–H groups in total. The normalized spacial score (nSPS) is 14.7. The van der Waals surface area contributed by atoms with E-state index in [-0.39, 0.29) is 43.5 Å². The van der Waals surface area contributed by atoms with Crippen molar-refractivity contribution in [2.24, 2.45) is 0 Å². The van der Waals surface area contributed by atoms with E-state index in [0.717, 1.165) is 16.8 Å². The van der Waals surface area contributed by atoms with Crippen molar-refractivity contribution >= 4 is 23.4 Å². The predicted octanol–water partition coefficient (Wildman–Crippen LogP) is 1.81. The van der Waals surface area contributed by atoms with E-state index in [2.05, 4.69) is 0 Å². The van der Waals surface area contributed by atoms with E-state index in [1.807, 2.05) is 32.0 Å². The molecule has 21 heavy (non-hydrogen) atoms. The van der Waals surface area contributed by atoms with Gasteiger partial charge in [0.2, 0.25) is 17.7 Å². The third kappa shape index (κ3) is 3.29. The molecule has 0 spiro atoms. The van der Waals surface area contributed by atoms with E-state index in [1.54, 1.807) is 11.9 Å². The molecule has 0 bridgehead atoms. The highest BCUT2D eigenvalue weighted by molar-refractivity contribution is 6.02. The molecular weight excluding hydrogens is 268 g/mol. The van der Waals surface area contributed by atoms with Gasteiger partial charge in [-0.3, -0.25) is 19.3 Å². The number of anilines is 1. The van der Waals surface area contributed by atoms with Crippen LogP contribution in [0.5, 0.6) is 0 Å². The molecule has 2 rings (SSSR count). The zero-order valence-corrected chi connectivity index (χ0v) is 12.7. The van der Waals surface area contributed by atoms with E-state index >= 15 is 0 Å². The van der Waals surface area contributed by atoms with Gasteiger partial charge in [-0.2, -0.15) is 0 Å². The number of hydrogen-bond acceptors (Lipinski definition) is 3. The molecule has 5 heteroatoms. The maximum absolute atomic E-state index is 12.2. The van der Waals surface area contributed by atoms with Crippen LogP contribution in [-0.4, -0.2) is 36.2 Å². The molecule has 0 aliphatic carbocycles. The fraction of sp³-hybridized carbons (Fsp3) is 0.438. The second kappa shape index (κ2) is 6.08. The van der Waals surface area contributed by atoms with Gasteiger partial charge in [-0.05, 0) is 25.5 Å². The Hall–Kier alpha value is -2.17. The lowest BCUT2D eigenvalue weighted by Crippen LogP contribution is -2.35. The summed E-state index contributed by atoms with van der Waals surface area (Å²) < 4.78 is 0. The summed E-state index contributed by atoms with van der Waals surface area (Å²) in [6.45, 7) is 4.13. The molecule has 0 radical (unpaired) electrons. The number of carbonyl (C=O) groups excluding carboxylic acids is 3. The summed E-state index contributed by atoms with van der Waals surface area (Å²) in [4.78, 5) is 38.0. The van der Waals surface area contributed by atoms with Gasteiger partial charge >= 0.3 is 0 Å². The Morgan fingerprint density at radius 1 is 1.19 bits per heavy atom. The van der Waals surface area contributed by atoms with Gasteiger partial charge in [-0.1, -0.05) is 17.7 Å². The van der Waals surface area contributed by atoms with Crippen LogP contribution in [0, 0.1) is 13.8 Å². The number of rotatable bonds is 4. The molecule has 0 aromatic heterocycles. The molecule has 0 atom stereocenters. The largest absolute Gasteiger partial charge is 0.315 e. The highest BCUT2D eigenvalue weighted by Crippen LogP contribution is 2.21. The molecule has 1 aromatic rings. The number of amides is 3. The number of benzene rings is 1. The van der Waals surface area contributed by atoms with Crippen LogP contribution >= 0.6 is 0 Å². The summed E-state index contributed by atoms with van der Waals surface area (Å²) in [5.41, 5.74) is 3.02. The number of aryl methyl sites for hydroxylation is 2. The van der Waals surface area contributed by atoms with E-state index in [4.69, 9.17) is 0 Å². The minimum atomic E-state index is -0.179. The van der Waals surface area contributed by atoms with Crippen molar-refractivity contribution in [3.05, 3.63) is 29.3 Å². The lowest BCUT2D eigenvalue weighted by molar-refractivity contribution is -0.138. The van der Waals surface area contributed by atoms with Crippen LogP contribution in [0.15, 0.2) is 18.2 Å². The average molecular weight is 288 g/mol. The maximum atomic E-state index is 12.2. The van der Waals surface area contributed by atoms with Crippen LogP contribution in [0.1, 0.15) is 30.4 Å². The highest BCUT2D eigenvalue weighted by atomic mass is 16.2. The number of hydrogen-bond donors (Lipinski definition) is 0. The van der Waals surface area contributed by atoms with Crippen molar-refractivity contribution in [1.82, 2.24) is 4.90 Å². The topological polar surface area (TPSA) is 57.7 Å². The second-order valence-corrected chi connectivity index (χ2v) is 5.43. The van der Waals surface area contributed by atoms with Crippen LogP contribution in [0.25, 0.3) is 0 Å². The van der Waals surface area contributed by atoms with E-state index in [0.29, 0.717) is 0 Å². The minimum absolute atomic E-state index is 0.102. The minimum Gasteiger partial charge on any atom is -0.315 e. The first-order chi connectivity index (χ1) is 9.90. The van der Waals surface area contributed by atoms with Crippen molar-refractivity contribution in [3.63, 3.8) is 0 Å². The number of carbonyl (C=O) groups is 3. The Morgan fingerprint density at radius 3 is 2.38 bits per heavy atom. The van der Waals surface area contributed by atoms with Crippen LogP contribution < -0.4 is 4.90 Å². The quantitative estimate of drug-likeness (QED) is 0.794. The number of imide groups is 1. The van der Waals surface area contributed by atoms with Gasteiger partial charge in [0.15, 0.2) is 0 Å². The molecule has 112 valence electrons. The summed E-state index contributed by atoms with van der Waals surface area (Å²) in [5.74, 6) is -0.460. The first-order valence-electron chi connectivity index (χ1n) is 7.07. The summed E-state index contributed by atoms with van der Waals surface area (Å²) in [6, 6.07) is 5.89. The lowest BCUT2D eigenvalue weighted by Gasteiger charge is -2.21. The molecular formula is C16H20N2O3. The van der Waals surface area contributed by atoms with Gasteiger partial charge in [0.05, 0.1) is 0 Å². The standard InChI is InChI=1S/C16H20N2O3/c1-11-4-5-13(12(2)10-11)17(3)14(19)8-9-18-15(20)6-7-16(18)21/h4-5,10H,6-9H2,1-3H3. The Balaban J connectivity index is 1.99. The van der Waals surface area contributed by atoms with Crippen molar-refractivity contribution in [1.29, 1.82) is 0 Å². The Labute approximate surface area is 124 Å². The van der Waals surface area contributed by atoms with Crippen molar-refractivity contribution in [2.45, 2.75) is 33.1 Å². The third-order valence-corrected chi connectivity index (χ3v) is 3.79. The molecule has 1 saturated heterocycles. The molecule has 1 heterocycles. The molecule has 1 aliphatic rings. The molecule has 1 aromatic carbocycles. The Morgan fingerprint density at radius 2 is 1.81 bits per heavy atom. The van der Waals surface area contributed by atoms with Crippen LogP contribution in [0.2, 0.25) is 0 Å². The van der Waals surface area contributed by atoms with Crippen LogP contribution in [0.3, 0.4) is 0 Å². The molecule has 1 aliphatic heterocycles. The maximum Gasteiger partial charge on any atom is 0.229 e. The van der Waals surface area contributed by atoms with Crippen molar-refractivity contribution < 1.29 is 14.4 Å². The SMILES string of the molecule is Cc1ccc(N(C)C(=O)CCN2C(=O)CCC2=O)c(C)c1. The first kappa shape index (κ1) is 15.2. The van der Waals surface area contributed by atoms with Gasteiger partial charge in [-0.15, -0.1) is 0 Å². The highest BCUT2D eigenvalue weighted by Gasteiger charge is 2.29. The van der Waals surface area contributed by atoms with Gasteiger partial charge in [-0.25, -0.2) is 0 Å². The first-order valence-corrected chi connectivity index (χ1v) is 7.07. The summed E-state index contributed by atoms with van der Waals surface area (Å²) in [6.07, 6.45) is 0.682. The zero-order valence-electron chi connectivity index (χ0n) is 12.7. The molecule has 5 nitrogen and oxygen atoms in total. The smallest absolute Gasteiger partial charge is 0.229 e. The lowest BCUT2D eigenvalue weighted by atomic mass is 10.1. The Bertz CT molecular complexity index is 579. The van der Waals surface area contributed by atoms with Crippen molar-refractivity contribution in [2.75, 3.05) is 18.5 Å². The fourth-order valence-corrected chi connectivity index (χ4v) is 2.56. The van der Waals surface area contributed by atoms with Gasteiger partial charge in [0.1, 0.15) is 0 Å². The van der Waals surface area contributed by atoms with Crippen LogP contribution in [0.4, 0.5) is 5.69 Å².